The largest absolute Gasteiger partial charge is 0.358 e. The second kappa shape index (κ2) is 7.89. The number of carbonyl (C=O) groups excluding carboxylic acids is 2. The van der Waals surface area contributed by atoms with Crippen molar-refractivity contribution in [3.05, 3.63) is 23.8 Å². The van der Waals surface area contributed by atoms with E-state index in [-0.39, 0.29) is 17.9 Å². The molecule has 1 unspecified atom stereocenters. The first-order valence-electron chi connectivity index (χ1n) is 10.3. The third-order valence-corrected chi connectivity index (χ3v) is 6.19. The summed E-state index contributed by atoms with van der Waals surface area (Å²) < 4.78 is 0. The number of likely N-dealkylation sites (tertiary alicyclic amines) is 1. The lowest BCUT2D eigenvalue weighted by Gasteiger charge is -2.44. The zero-order valence-corrected chi connectivity index (χ0v) is 16.2. The normalized spacial score (nSPS) is 23.0. The Morgan fingerprint density at radius 3 is 2.67 bits per heavy atom. The fraction of sp³-hybridized carbons (Fsp3) is 0.619. The van der Waals surface area contributed by atoms with Gasteiger partial charge in [-0.05, 0) is 63.4 Å². The summed E-state index contributed by atoms with van der Waals surface area (Å²) in [6.07, 6.45) is 6.98. The lowest BCUT2D eigenvalue weighted by Crippen LogP contribution is -2.54. The molecule has 0 saturated carbocycles. The predicted octanol–water partition coefficient (Wildman–Crippen LogP) is 2.24. The summed E-state index contributed by atoms with van der Waals surface area (Å²) in [5.41, 5.74) is 2.55. The van der Waals surface area contributed by atoms with Crippen LogP contribution in [-0.2, 0) is 4.79 Å². The Kier molecular flexibility index (Phi) is 5.34. The molecule has 2 saturated heterocycles. The second-order valence-corrected chi connectivity index (χ2v) is 7.96. The van der Waals surface area contributed by atoms with Crippen LogP contribution in [0.2, 0.25) is 0 Å². The molecule has 0 aromatic heterocycles. The van der Waals surface area contributed by atoms with Gasteiger partial charge in [0.2, 0.25) is 5.91 Å². The average Bonchev–Trinajstić information content (AvgIpc) is 2.72. The molecule has 4 rings (SSSR count). The minimum atomic E-state index is -0.0589. The lowest BCUT2D eigenvalue weighted by atomic mass is 9.96. The highest BCUT2D eigenvalue weighted by Crippen LogP contribution is 2.39. The average molecular weight is 370 g/mol. The van der Waals surface area contributed by atoms with Gasteiger partial charge in [0.15, 0.2) is 0 Å². The topological polar surface area (TPSA) is 55.9 Å². The molecule has 3 aliphatic heterocycles. The summed E-state index contributed by atoms with van der Waals surface area (Å²) in [6.45, 7) is 4.76. The Hall–Kier alpha value is -2.08. The number of amides is 2. The van der Waals surface area contributed by atoms with E-state index in [0.29, 0.717) is 12.1 Å². The van der Waals surface area contributed by atoms with Crippen molar-refractivity contribution in [1.29, 1.82) is 0 Å². The van der Waals surface area contributed by atoms with E-state index < -0.39 is 0 Å². The van der Waals surface area contributed by atoms with Crippen LogP contribution < -0.4 is 15.1 Å². The molecule has 1 aromatic rings. The van der Waals surface area contributed by atoms with Gasteiger partial charge in [-0.2, -0.15) is 0 Å². The fourth-order valence-corrected chi connectivity index (χ4v) is 4.61. The first-order chi connectivity index (χ1) is 13.1. The number of fused-ring (bicyclic) bond motifs is 3. The highest BCUT2D eigenvalue weighted by atomic mass is 16.2. The van der Waals surface area contributed by atoms with E-state index in [0.717, 1.165) is 56.8 Å². The third-order valence-electron chi connectivity index (χ3n) is 6.19. The molecule has 2 amide bonds. The molecule has 1 atom stereocenters. The number of benzene rings is 1. The minimum absolute atomic E-state index is 0.0412. The summed E-state index contributed by atoms with van der Waals surface area (Å²) in [5.74, 6) is 0.0845. The molecule has 0 aliphatic carbocycles. The van der Waals surface area contributed by atoms with E-state index >= 15 is 0 Å². The molecule has 2 fully saturated rings. The summed E-state index contributed by atoms with van der Waals surface area (Å²) in [4.78, 5) is 31.7. The standard InChI is InChI=1S/C21H30N4O2/c1-23-19-15-16(20(26)22-10-14-24-11-4-2-5-12-24)8-9-17(19)25-13-6-3-7-18(25)21(23)27/h8-9,15,18H,2-7,10-14H2,1H3,(H,22,26). The van der Waals surface area contributed by atoms with Crippen LogP contribution in [0.5, 0.6) is 0 Å². The Bertz CT molecular complexity index is 714. The third kappa shape index (κ3) is 3.68. The Labute approximate surface area is 161 Å². The smallest absolute Gasteiger partial charge is 0.251 e. The predicted molar refractivity (Wildman–Crippen MR) is 107 cm³/mol. The van der Waals surface area contributed by atoms with Crippen molar-refractivity contribution >= 4 is 23.2 Å². The lowest BCUT2D eigenvalue weighted by molar-refractivity contribution is -0.120. The fourth-order valence-electron chi connectivity index (χ4n) is 4.61. The van der Waals surface area contributed by atoms with Crippen molar-refractivity contribution < 1.29 is 9.59 Å². The highest BCUT2D eigenvalue weighted by Gasteiger charge is 2.37. The summed E-state index contributed by atoms with van der Waals surface area (Å²) in [7, 11) is 1.82. The molecular weight excluding hydrogens is 340 g/mol. The van der Waals surface area contributed by atoms with Crippen molar-refractivity contribution in [2.45, 2.75) is 44.6 Å². The van der Waals surface area contributed by atoms with Gasteiger partial charge in [0.05, 0.1) is 11.4 Å². The van der Waals surface area contributed by atoms with E-state index in [9.17, 15) is 9.59 Å². The SMILES string of the molecule is CN1C(=O)C2CCCCN2c2ccc(C(=O)NCCN3CCCCC3)cc21. The van der Waals surface area contributed by atoms with Gasteiger partial charge in [0.25, 0.3) is 5.91 Å². The maximum atomic E-state index is 12.7. The van der Waals surface area contributed by atoms with Gasteiger partial charge in [-0.1, -0.05) is 6.42 Å². The van der Waals surface area contributed by atoms with Crippen molar-refractivity contribution in [2.24, 2.45) is 0 Å². The monoisotopic (exact) mass is 370 g/mol. The van der Waals surface area contributed by atoms with Crippen LogP contribution in [0.1, 0.15) is 48.9 Å². The van der Waals surface area contributed by atoms with Gasteiger partial charge in [0, 0.05) is 32.2 Å². The molecule has 3 aliphatic rings. The molecule has 0 radical (unpaired) electrons. The van der Waals surface area contributed by atoms with E-state index in [1.165, 1.54) is 19.3 Å². The van der Waals surface area contributed by atoms with E-state index in [4.69, 9.17) is 0 Å². The molecular formula is C21H30N4O2. The molecule has 1 aromatic carbocycles. The number of nitrogens with one attached hydrogen (secondary N) is 1. The summed E-state index contributed by atoms with van der Waals surface area (Å²) in [5, 5.41) is 3.04. The first-order valence-corrected chi connectivity index (χ1v) is 10.3. The van der Waals surface area contributed by atoms with Crippen LogP contribution in [-0.4, -0.2) is 62.5 Å². The number of likely N-dealkylation sites (N-methyl/N-ethyl adjacent to an activating group) is 1. The van der Waals surface area contributed by atoms with Gasteiger partial charge in [-0.15, -0.1) is 0 Å². The highest BCUT2D eigenvalue weighted by molar-refractivity contribution is 6.07. The van der Waals surface area contributed by atoms with Gasteiger partial charge in [-0.25, -0.2) is 0 Å². The van der Waals surface area contributed by atoms with Crippen LogP contribution in [0.25, 0.3) is 0 Å². The number of hydrogen-bond acceptors (Lipinski definition) is 4. The number of anilines is 2. The van der Waals surface area contributed by atoms with Gasteiger partial charge >= 0.3 is 0 Å². The Morgan fingerprint density at radius 2 is 1.85 bits per heavy atom. The molecule has 3 heterocycles. The van der Waals surface area contributed by atoms with Crippen LogP contribution in [0.15, 0.2) is 18.2 Å². The van der Waals surface area contributed by atoms with Crippen LogP contribution in [0.3, 0.4) is 0 Å². The van der Waals surface area contributed by atoms with Crippen molar-refractivity contribution in [3.8, 4) is 0 Å². The minimum Gasteiger partial charge on any atom is -0.358 e. The number of hydrogen-bond donors (Lipinski definition) is 1. The molecule has 0 spiro atoms. The van der Waals surface area contributed by atoms with Crippen LogP contribution >= 0.6 is 0 Å². The van der Waals surface area contributed by atoms with Crippen LogP contribution in [0, 0.1) is 0 Å². The maximum absolute atomic E-state index is 12.7. The first kappa shape index (κ1) is 18.3. The molecule has 6 nitrogen and oxygen atoms in total. The number of nitrogens with zero attached hydrogens (tertiary/aromatic N) is 3. The zero-order chi connectivity index (χ0) is 18.8. The van der Waals surface area contributed by atoms with Gasteiger partial charge in [-0.3, -0.25) is 9.59 Å². The quantitative estimate of drug-likeness (QED) is 0.883. The van der Waals surface area contributed by atoms with Crippen molar-refractivity contribution in [3.63, 3.8) is 0 Å². The molecule has 146 valence electrons. The van der Waals surface area contributed by atoms with E-state index in [1.807, 2.05) is 25.2 Å². The maximum Gasteiger partial charge on any atom is 0.251 e. The molecule has 6 heteroatoms. The van der Waals surface area contributed by atoms with Crippen molar-refractivity contribution in [2.75, 3.05) is 49.6 Å². The number of carbonyl (C=O) groups is 2. The molecule has 0 bridgehead atoms. The van der Waals surface area contributed by atoms with Crippen molar-refractivity contribution in [1.82, 2.24) is 10.2 Å². The Morgan fingerprint density at radius 1 is 1.07 bits per heavy atom. The summed E-state index contributed by atoms with van der Waals surface area (Å²) in [6, 6.07) is 5.73. The van der Waals surface area contributed by atoms with Crippen LogP contribution in [0.4, 0.5) is 11.4 Å². The molecule has 27 heavy (non-hydrogen) atoms. The zero-order valence-electron chi connectivity index (χ0n) is 16.2. The van der Waals surface area contributed by atoms with E-state index in [1.54, 1.807) is 4.90 Å². The number of piperidine rings is 2. The van der Waals surface area contributed by atoms with Gasteiger partial charge in [0.1, 0.15) is 6.04 Å². The Balaban J connectivity index is 1.44. The second-order valence-electron chi connectivity index (χ2n) is 7.96. The molecule has 1 N–H and O–H groups in total. The summed E-state index contributed by atoms with van der Waals surface area (Å²) >= 11 is 0. The number of rotatable bonds is 4. The van der Waals surface area contributed by atoms with E-state index in [2.05, 4.69) is 15.1 Å². The van der Waals surface area contributed by atoms with Gasteiger partial charge < -0.3 is 20.0 Å².